The molecule has 0 unspecified atom stereocenters. The van der Waals surface area contributed by atoms with Crippen molar-refractivity contribution >= 4 is 16.5 Å². The fraction of sp³-hybridized carbons (Fsp3) is 0.667. The van der Waals surface area contributed by atoms with Crippen molar-refractivity contribution in [3.63, 3.8) is 0 Å². The minimum atomic E-state index is 0.411. The molecular formula is C9H14N2OS. The van der Waals surface area contributed by atoms with E-state index in [0.717, 1.165) is 24.6 Å². The molecular weight excluding hydrogens is 184 g/mol. The molecule has 0 N–H and O–H groups in total. The van der Waals surface area contributed by atoms with Gasteiger partial charge in [-0.05, 0) is 6.42 Å². The van der Waals surface area contributed by atoms with E-state index < -0.39 is 0 Å². The fourth-order valence-corrected chi connectivity index (χ4v) is 2.28. The van der Waals surface area contributed by atoms with Gasteiger partial charge in [0.1, 0.15) is 0 Å². The first-order valence-corrected chi connectivity index (χ1v) is 5.43. The Morgan fingerprint density at radius 3 is 3.00 bits per heavy atom. The Morgan fingerprint density at radius 1 is 1.69 bits per heavy atom. The predicted molar refractivity (Wildman–Crippen MR) is 54.5 cm³/mol. The molecule has 1 aliphatic rings. The van der Waals surface area contributed by atoms with Gasteiger partial charge in [-0.15, -0.1) is 11.3 Å². The van der Waals surface area contributed by atoms with Crippen LogP contribution < -0.4 is 4.90 Å². The summed E-state index contributed by atoms with van der Waals surface area (Å²) in [5, 5.41) is 3.28. The summed E-state index contributed by atoms with van der Waals surface area (Å²) in [4.78, 5) is 6.77. The van der Waals surface area contributed by atoms with Crippen molar-refractivity contribution in [1.82, 2.24) is 4.98 Å². The quantitative estimate of drug-likeness (QED) is 0.736. The lowest BCUT2D eigenvalue weighted by molar-refractivity contribution is 0.0787. The molecule has 1 aromatic heterocycles. The highest BCUT2D eigenvalue weighted by Gasteiger charge is 2.28. The van der Waals surface area contributed by atoms with E-state index in [2.05, 4.69) is 22.2 Å². The van der Waals surface area contributed by atoms with E-state index in [1.54, 1.807) is 18.4 Å². The van der Waals surface area contributed by atoms with Crippen molar-refractivity contribution in [1.29, 1.82) is 0 Å². The Morgan fingerprint density at radius 2 is 2.46 bits per heavy atom. The lowest BCUT2D eigenvalue weighted by Crippen LogP contribution is -2.51. The van der Waals surface area contributed by atoms with Gasteiger partial charge in [0.25, 0.3) is 0 Å². The number of aromatic nitrogens is 1. The summed E-state index contributed by atoms with van der Waals surface area (Å²) in [6.45, 7) is 4.12. The Bertz CT molecular complexity index is 281. The van der Waals surface area contributed by atoms with Crippen molar-refractivity contribution in [2.45, 2.75) is 19.4 Å². The third-order valence-corrected chi connectivity index (χ3v) is 3.30. The van der Waals surface area contributed by atoms with Crippen molar-refractivity contribution in [2.75, 3.05) is 25.1 Å². The van der Waals surface area contributed by atoms with Crippen molar-refractivity contribution in [3.05, 3.63) is 11.1 Å². The highest BCUT2D eigenvalue weighted by molar-refractivity contribution is 7.13. The molecule has 0 atom stereocenters. The van der Waals surface area contributed by atoms with Crippen LogP contribution in [-0.4, -0.2) is 31.3 Å². The number of hydrogen-bond donors (Lipinski definition) is 0. The van der Waals surface area contributed by atoms with E-state index >= 15 is 0 Å². The zero-order valence-corrected chi connectivity index (χ0v) is 8.80. The van der Waals surface area contributed by atoms with E-state index in [9.17, 15) is 0 Å². The molecule has 1 fully saturated rings. The van der Waals surface area contributed by atoms with Crippen molar-refractivity contribution in [3.8, 4) is 0 Å². The molecule has 0 spiro atoms. The summed E-state index contributed by atoms with van der Waals surface area (Å²) in [6.07, 6.45) is 1.44. The van der Waals surface area contributed by atoms with Gasteiger partial charge >= 0.3 is 0 Å². The third kappa shape index (κ3) is 1.69. The Hall–Kier alpha value is -0.610. The van der Waals surface area contributed by atoms with Gasteiger partial charge in [-0.2, -0.15) is 0 Å². The van der Waals surface area contributed by atoms with Gasteiger partial charge in [-0.3, -0.25) is 0 Å². The summed E-state index contributed by atoms with van der Waals surface area (Å²) >= 11 is 1.73. The van der Waals surface area contributed by atoms with Crippen LogP contribution in [-0.2, 0) is 11.2 Å². The van der Waals surface area contributed by atoms with Crippen LogP contribution in [0.3, 0.4) is 0 Å². The summed E-state index contributed by atoms with van der Waals surface area (Å²) in [7, 11) is 1.77. The van der Waals surface area contributed by atoms with Crippen molar-refractivity contribution < 1.29 is 4.74 Å². The molecule has 2 rings (SSSR count). The number of thiazole rings is 1. The van der Waals surface area contributed by atoms with Crippen LogP contribution in [0.1, 0.15) is 12.6 Å². The first kappa shape index (κ1) is 8.97. The fourth-order valence-electron chi connectivity index (χ4n) is 1.35. The highest BCUT2D eigenvalue weighted by Crippen LogP contribution is 2.25. The number of nitrogens with zero attached hydrogens (tertiary/aromatic N) is 2. The second-order valence-electron chi connectivity index (χ2n) is 3.24. The maximum Gasteiger partial charge on any atom is 0.185 e. The molecule has 3 nitrogen and oxygen atoms in total. The number of methoxy groups -OCH3 is 1. The molecule has 0 aliphatic carbocycles. The van der Waals surface area contributed by atoms with E-state index in [1.165, 1.54) is 5.69 Å². The van der Waals surface area contributed by atoms with Crippen LogP contribution >= 0.6 is 11.3 Å². The summed E-state index contributed by atoms with van der Waals surface area (Å²) in [5.41, 5.74) is 1.20. The number of hydrogen-bond acceptors (Lipinski definition) is 4. The van der Waals surface area contributed by atoms with Crippen LogP contribution in [0.5, 0.6) is 0 Å². The molecule has 72 valence electrons. The molecule has 1 aliphatic heterocycles. The Kier molecular flexibility index (Phi) is 2.51. The number of rotatable bonds is 3. The number of anilines is 1. The van der Waals surface area contributed by atoms with Crippen LogP contribution in [0.2, 0.25) is 0 Å². The van der Waals surface area contributed by atoms with Gasteiger partial charge < -0.3 is 9.64 Å². The zero-order chi connectivity index (χ0) is 9.26. The molecule has 0 amide bonds. The van der Waals surface area contributed by atoms with Crippen LogP contribution in [0.15, 0.2) is 5.38 Å². The SMILES string of the molecule is CCc1csc(N2CC(OC)C2)n1. The van der Waals surface area contributed by atoms with Crippen molar-refractivity contribution in [2.24, 2.45) is 0 Å². The first-order valence-electron chi connectivity index (χ1n) is 4.55. The monoisotopic (exact) mass is 198 g/mol. The maximum absolute atomic E-state index is 5.21. The standard InChI is InChI=1S/C9H14N2OS/c1-3-7-6-13-9(10-7)11-4-8(5-11)12-2/h6,8H,3-5H2,1-2H3. The number of aryl methyl sites for hydroxylation is 1. The summed E-state index contributed by atoms with van der Waals surface area (Å²) in [5.74, 6) is 0. The second-order valence-corrected chi connectivity index (χ2v) is 4.07. The second kappa shape index (κ2) is 3.64. The Labute approximate surface area is 82.3 Å². The molecule has 0 radical (unpaired) electrons. The van der Waals surface area contributed by atoms with Crippen LogP contribution in [0.25, 0.3) is 0 Å². The maximum atomic E-state index is 5.21. The zero-order valence-electron chi connectivity index (χ0n) is 7.99. The van der Waals surface area contributed by atoms with Crippen LogP contribution in [0, 0.1) is 0 Å². The normalized spacial score (nSPS) is 17.5. The van der Waals surface area contributed by atoms with Gasteiger partial charge in [0.05, 0.1) is 11.8 Å². The van der Waals surface area contributed by atoms with Crippen LogP contribution in [0.4, 0.5) is 5.13 Å². The smallest absolute Gasteiger partial charge is 0.185 e. The van der Waals surface area contributed by atoms with E-state index in [-0.39, 0.29) is 0 Å². The largest absolute Gasteiger partial charge is 0.378 e. The average molecular weight is 198 g/mol. The third-order valence-electron chi connectivity index (χ3n) is 2.35. The topological polar surface area (TPSA) is 25.4 Å². The molecule has 0 aromatic carbocycles. The number of ether oxygens (including phenoxy) is 1. The molecule has 4 heteroatoms. The lowest BCUT2D eigenvalue weighted by Gasteiger charge is -2.37. The molecule has 0 saturated carbocycles. The average Bonchev–Trinajstić information content (AvgIpc) is 2.51. The van der Waals surface area contributed by atoms with Gasteiger partial charge in [-0.1, -0.05) is 6.92 Å². The Balaban J connectivity index is 1.95. The molecule has 1 aromatic rings. The molecule has 0 bridgehead atoms. The lowest BCUT2D eigenvalue weighted by atomic mass is 10.2. The van der Waals surface area contributed by atoms with Gasteiger partial charge in [0, 0.05) is 25.6 Å². The molecule has 13 heavy (non-hydrogen) atoms. The molecule has 1 saturated heterocycles. The summed E-state index contributed by atoms with van der Waals surface area (Å²) in [6, 6.07) is 0. The first-order chi connectivity index (χ1) is 6.33. The minimum absolute atomic E-state index is 0.411. The molecule has 2 heterocycles. The van der Waals surface area contributed by atoms with Gasteiger partial charge in [0.2, 0.25) is 0 Å². The predicted octanol–water partition coefficient (Wildman–Crippen LogP) is 1.54. The van der Waals surface area contributed by atoms with E-state index in [4.69, 9.17) is 4.74 Å². The minimum Gasteiger partial charge on any atom is -0.378 e. The van der Waals surface area contributed by atoms with Gasteiger partial charge in [-0.25, -0.2) is 4.98 Å². The van der Waals surface area contributed by atoms with E-state index in [0.29, 0.717) is 6.10 Å². The highest BCUT2D eigenvalue weighted by atomic mass is 32.1. The van der Waals surface area contributed by atoms with E-state index in [1.807, 2.05) is 0 Å². The summed E-state index contributed by atoms with van der Waals surface area (Å²) < 4.78 is 5.21. The van der Waals surface area contributed by atoms with Gasteiger partial charge in [0.15, 0.2) is 5.13 Å².